The molecule has 0 saturated carbocycles. The summed E-state index contributed by atoms with van der Waals surface area (Å²) >= 11 is 3.29. The van der Waals surface area contributed by atoms with Crippen LogP contribution in [0.2, 0.25) is 0 Å². The number of rotatable bonds is 3. The number of pyridine rings is 1. The molecule has 0 radical (unpaired) electrons. The fourth-order valence-corrected chi connectivity index (χ4v) is 2.45. The lowest BCUT2D eigenvalue weighted by molar-refractivity contribution is 0.428. The zero-order chi connectivity index (χ0) is 14.8. The lowest BCUT2D eigenvalue weighted by Gasteiger charge is -2.10. The van der Waals surface area contributed by atoms with Crippen molar-refractivity contribution in [1.82, 2.24) is 4.98 Å². The third kappa shape index (κ3) is 2.89. The van der Waals surface area contributed by atoms with Gasteiger partial charge in [0, 0.05) is 22.5 Å². The molecule has 0 saturated heterocycles. The number of nitrogens with zero attached hydrogens (tertiary/aromatic N) is 1. The second-order valence-corrected chi connectivity index (χ2v) is 5.43. The number of nitrogens with two attached hydrogens (primary N) is 1. The first-order chi connectivity index (χ1) is 10.2. The van der Waals surface area contributed by atoms with Crippen LogP contribution in [0.15, 0.2) is 53.0 Å². The first-order valence-corrected chi connectivity index (χ1v) is 7.18. The highest BCUT2D eigenvalue weighted by atomic mass is 79.9. The molecule has 0 spiro atoms. The van der Waals surface area contributed by atoms with Crippen molar-refractivity contribution in [1.29, 1.82) is 0 Å². The highest BCUT2D eigenvalue weighted by molar-refractivity contribution is 9.10. The molecule has 3 rings (SSSR count). The largest absolute Gasteiger partial charge is 0.436 e. The van der Waals surface area contributed by atoms with Crippen LogP contribution in [-0.2, 0) is 6.54 Å². The van der Waals surface area contributed by atoms with Gasteiger partial charge in [-0.15, -0.1) is 0 Å². The standard InChI is InChI=1S/C16H12BrFN2O/c17-11-5-6-13(18)15(8-11)21-16-7-10(9-19)12-3-1-2-4-14(12)20-16/h1-8H,9,19H2. The quantitative estimate of drug-likeness (QED) is 0.765. The fraction of sp³-hybridized carbons (Fsp3) is 0.0625. The minimum Gasteiger partial charge on any atom is -0.436 e. The van der Waals surface area contributed by atoms with Gasteiger partial charge in [-0.05, 0) is 29.8 Å². The Morgan fingerprint density at radius 1 is 1.14 bits per heavy atom. The number of ether oxygens (including phenoxy) is 1. The van der Waals surface area contributed by atoms with Crippen molar-refractivity contribution < 1.29 is 9.13 Å². The molecule has 0 unspecified atom stereocenters. The Bertz CT molecular complexity index is 807. The van der Waals surface area contributed by atoms with Gasteiger partial charge in [0.15, 0.2) is 11.6 Å². The molecule has 0 atom stereocenters. The van der Waals surface area contributed by atoms with Gasteiger partial charge in [-0.1, -0.05) is 34.1 Å². The molecule has 1 aromatic heterocycles. The number of fused-ring (bicyclic) bond motifs is 1. The maximum Gasteiger partial charge on any atom is 0.220 e. The summed E-state index contributed by atoms with van der Waals surface area (Å²) < 4.78 is 20.1. The minimum absolute atomic E-state index is 0.120. The van der Waals surface area contributed by atoms with Crippen LogP contribution in [0.25, 0.3) is 10.9 Å². The molecule has 0 fully saturated rings. The van der Waals surface area contributed by atoms with Crippen LogP contribution < -0.4 is 10.5 Å². The summed E-state index contributed by atoms with van der Waals surface area (Å²) in [6.07, 6.45) is 0. The average Bonchev–Trinajstić information content (AvgIpc) is 2.50. The molecule has 106 valence electrons. The van der Waals surface area contributed by atoms with Gasteiger partial charge in [0.05, 0.1) is 5.52 Å². The van der Waals surface area contributed by atoms with Crippen molar-refractivity contribution in [3.8, 4) is 11.6 Å². The smallest absolute Gasteiger partial charge is 0.220 e. The molecule has 21 heavy (non-hydrogen) atoms. The summed E-state index contributed by atoms with van der Waals surface area (Å²) in [6, 6.07) is 13.9. The van der Waals surface area contributed by atoms with Crippen molar-refractivity contribution in [3.05, 3.63) is 64.4 Å². The molecule has 3 nitrogen and oxygen atoms in total. The maximum absolute atomic E-state index is 13.8. The number of aromatic nitrogens is 1. The van der Waals surface area contributed by atoms with E-state index in [1.54, 1.807) is 18.2 Å². The number of hydrogen-bond donors (Lipinski definition) is 1. The van der Waals surface area contributed by atoms with Crippen LogP contribution >= 0.6 is 15.9 Å². The van der Waals surface area contributed by atoms with Crippen molar-refractivity contribution in [2.45, 2.75) is 6.54 Å². The predicted molar refractivity (Wildman–Crippen MR) is 83.8 cm³/mol. The Labute approximate surface area is 129 Å². The van der Waals surface area contributed by atoms with Crippen LogP contribution in [0.5, 0.6) is 11.6 Å². The van der Waals surface area contributed by atoms with E-state index in [9.17, 15) is 4.39 Å². The number of benzene rings is 2. The molecule has 0 amide bonds. The Morgan fingerprint density at radius 2 is 1.95 bits per heavy atom. The third-order valence-corrected chi connectivity index (χ3v) is 3.60. The van der Waals surface area contributed by atoms with E-state index in [2.05, 4.69) is 20.9 Å². The normalized spacial score (nSPS) is 10.8. The summed E-state index contributed by atoms with van der Waals surface area (Å²) in [5.41, 5.74) is 7.44. The van der Waals surface area contributed by atoms with Crippen LogP contribution in [0.1, 0.15) is 5.56 Å². The summed E-state index contributed by atoms with van der Waals surface area (Å²) in [6.45, 7) is 0.361. The first kappa shape index (κ1) is 14.0. The highest BCUT2D eigenvalue weighted by Gasteiger charge is 2.09. The zero-order valence-corrected chi connectivity index (χ0v) is 12.6. The minimum atomic E-state index is -0.442. The maximum atomic E-state index is 13.8. The van der Waals surface area contributed by atoms with E-state index in [1.807, 2.05) is 24.3 Å². The predicted octanol–water partition coefficient (Wildman–Crippen LogP) is 4.39. The Hall–Kier alpha value is -1.98. The van der Waals surface area contributed by atoms with E-state index in [0.29, 0.717) is 12.4 Å². The molecule has 0 aliphatic carbocycles. The SMILES string of the molecule is NCc1cc(Oc2cc(Br)ccc2F)nc2ccccc12. The van der Waals surface area contributed by atoms with Crippen LogP contribution in [0, 0.1) is 5.82 Å². The molecule has 0 bridgehead atoms. The molecule has 1 heterocycles. The van der Waals surface area contributed by atoms with Crippen molar-refractivity contribution in [3.63, 3.8) is 0 Å². The summed E-state index contributed by atoms with van der Waals surface area (Å²) in [5.74, 6) is 0.00346. The van der Waals surface area contributed by atoms with Gasteiger partial charge in [-0.25, -0.2) is 9.37 Å². The van der Waals surface area contributed by atoms with Gasteiger partial charge in [0.1, 0.15) is 0 Å². The second-order valence-electron chi connectivity index (χ2n) is 4.52. The van der Waals surface area contributed by atoms with Gasteiger partial charge in [-0.3, -0.25) is 0 Å². The molecule has 2 N–H and O–H groups in total. The third-order valence-electron chi connectivity index (χ3n) is 3.11. The van der Waals surface area contributed by atoms with Gasteiger partial charge in [0.25, 0.3) is 0 Å². The Kier molecular flexibility index (Phi) is 3.86. The molecule has 5 heteroatoms. The van der Waals surface area contributed by atoms with Crippen molar-refractivity contribution in [2.75, 3.05) is 0 Å². The molecule has 0 aliphatic rings. The number of para-hydroxylation sites is 1. The molecule has 3 aromatic rings. The van der Waals surface area contributed by atoms with Crippen LogP contribution in [0.4, 0.5) is 4.39 Å². The van der Waals surface area contributed by atoms with Crippen LogP contribution in [-0.4, -0.2) is 4.98 Å². The highest BCUT2D eigenvalue weighted by Crippen LogP contribution is 2.29. The van der Waals surface area contributed by atoms with Gasteiger partial charge >= 0.3 is 0 Å². The van der Waals surface area contributed by atoms with Crippen LogP contribution in [0.3, 0.4) is 0 Å². The van der Waals surface area contributed by atoms with E-state index in [1.165, 1.54) is 6.07 Å². The van der Waals surface area contributed by atoms with Crippen molar-refractivity contribution in [2.24, 2.45) is 5.73 Å². The fourth-order valence-electron chi connectivity index (χ4n) is 2.11. The van der Waals surface area contributed by atoms with E-state index in [-0.39, 0.29) is 5.75 Å². The number of hydrogen-bond acceptors (Lipinski definition) is 3. The van der Waals surface area contributed by atoms with Crippen molar-refractivity contribution >= 4 is 26.8 Å². The van der Waals surface area contributed by atoms with E-state index in [4.69, 9.17) is 10.5 Å². The summed E-state index contributed by atoms with van der Waals surface area (Å²) in [5, 5.41) is 0.974. The van der Waals surface area contributed by atoms with E-state index in [0.717, 1.165) is 20.9 Å². The molecular formula is C16H12BrFN2O. The summed E-state index contributed by atoms with van der Waals surface area (Å²) in [7, 11) is 0. The Morgan fingerprint density at radius 3 is 2.76 bits per heavy atom. The molecule has 2 aromatic carbocycles. The van der Waals surface area contributed by atoms with Gasteiger partial charge in [0.2, 0.25) is 5.88 Å². The monoisotopic (exact) mass is 346 g/mol. The number of halogens is 2. The van der Waals surface area contributed by atoms with E-state index >= 15 is 0 Å². The molecular weight excluding hydrogens is 335 g/mol. The molecule has 0 aliphatic heterocycles. The summed E-state index contributed by atoms with van der Waals surface area (Å²) in [4.78, 5) is 4.39. The second kappa shape index (κ2) is 5.79. The lowest BCUT2D eigenvalue weighted by Crippen LogP contribution is -2.00. The average molecular weight is 347 g/mol. The topological polar surface area (TPSA) is 48.1 Å². The zero-order valence-electron chi connectivity index (χ0n) is 11.0. The Balaban J connectivity index is 2.06. The van der Waals surface area contributed by atoms with E-state index < -0.39 is 5.82 Å². The van der Waals surface area contributed by atoms with Gasteiger partial charge < -0.3 is 10.5 Å². The van der Waals surface area contributed by atoms with Gasteiger partial charge in [-0.2, -0.15) is 0 Å². The first-order valence-electron chi connectivity index (χ1n) is 6.39. The lowest BCUT2D eigenvalue weighted by atomic mass is 10.1.